The predicted molar refractivity (Wildman–Crippen MR) is 140 cm³/mol. The molecule has 0 N–H and O–H groups in total. The molecule has 0 saturated heterocycles. The average Bonchev–Trinajstić information content (AvgIpc) is 3.56. The first-order valence-corrected chi connectivity index (χ1v) is 12.0. The van der Waals surface area contributed by atoms with E-state index in [4.69, 9.17) is 15.0 Å². The Morgan fingerprint density at radius 1 is 0.571 bits per heavy atom. The summed E-state index contributed by atoms with van der Waals surface area (Å²) in [5.74, 6) is 0. The zero-order valence-electron chi connectivity index (χ0n) is 18.8. The Labute approximate surface area is 200 Å². The number of hydrogen-bond donors (Lipinski definition) is 0. The number of hydrogen-bond acceptors (Lipinski definition) is 3. The number of benzene rings is 3. The van der Waals surface area contributed by atoms with Gasteiger partial charge in [0, 0.05) is 17.8 Å². The number of aromatic nitrogens is 4. The molecule has 0 aliphatic heterocycles. The van der Waals surface area contributed by atoms with E-state index < -0.39 is 0 Å². The zero-order valence-corrected chi connectivity index (χ0v) is 18.8. The lowest BCUT2D eigenvalue weighted by Crippen LogP contribution is -1.94. The van der Waals surface area contributed by atoms with Gasteiger partial charge in [-0.25, -0.2) is 4.98 Å². The average molecular weight is 447 g/mol. The highest BCUT2D eigenvalue weighted by molar-refractivity contribution is 6.10. The normalized spacial score (nSPS) is 13.5. The van der Waals surface area contributed by atoms with E-state index in [1.54, 1.807) is 0 Å². The highest BCUT2D eigenvalue weighted by atomic mass is 15.0. The Hall–Kier alpha value is -4.57. The molecule has 0 spiro atoms. The van der Waals surface area contributed by atoms with Crippen LogP contribution in [0.25, 0.3) is 60.9 Å². The van der Waals surface area contributed by atoms with E-state index in [1.807, 2.05) is 24.5 Å². The summed E-state index contributed by atoms with van der Waals surface area (Å²) in [6.07, 6.45) is 5.68. The van der Waals surface area contributed by atoms with Gasteiger partial charge < -0.3 is 0 Å². The van der Waals surface area contributed by atoms with Gasteiger partial charge in [0.05, 0.1) is 22.1 Å². The fourth-order valence-corrected chi connectivity index (χ4v) is 6.36. The molecule has 162 valence electrons. The monoisotopic (exact) mass is 446 g/mol. The maximum atomic E-state index is 5.10. The minimum Gasteiger partial charge on any atom is -0.289 e. The minimum atomic E-state index is 0.892. The van der Waals surface area contributed by atoms with Crippen molar-refractivity contribution in [2.45, 2.75) is 12.8 Å². The molecule has 0 atom stereocenters. The van der Waals surface area contributed by atoms with Crippen LogP contribution in [0, 0.1) is 0 Å². The summed E-state index contributed by atoms with van der Waals surface area (Å²) in [7, 11) is 0. The maximum absolute atomic E-state index is 5.10. The molecule has 35 heavy (non-hydrogen) atoms. The van der Waals surface area contributed by atoms with Crippen molar-refractivity contribution in [2.24, 2.45) is 0 Å². The zero-order chi connectivity index (χ0) is 22.7. The number of pyridine rings is 3. The van der Waals surface area contributed by atoms with E-state index in [1.165, 1.54) is 44.5 Å². The second kappa shape index (κ2) is 6.10. The Balaban J connectivity index is 1.37. The third kappa shape index (κ3) is 2.20. The SMILES string of the molecule is c1ccc2c(c1)Cc1cc3c(cc1-2)-c1cc2c(cc1C3)nc1c3ncccc3c3ncccc3n21. The van der Waals surface area contributed by atoms with E-state index in [0.717, 1.165) is 51.5 Å². The molecule has 0 amide bonds. The van der Waals surface area contributed by atoms with Gasteiger partial charge in [-0.3, -0.25) is 14.4 Å². The smallest absolute Gasteiger partial charge is 0.165 e. The first-order chi connectivity index (χ1) is 17.3. The standard InChI is InChI=1S/C31H18N4/c1-2-6-21-17(5-1)11-18-12-19-13-20-14-26-28(16-25(20)24(19)15-23(18)21)35-27-8-4-10-32-29(27)22-7-3-9-33-30(22)31(35)34-26/h1-10,12,14-16H,11,13H2. The number of fused-ring (bicyclic) bond motifs is 14. The van der Waals surface area contributed by atoms with Gasteiger partial charge in [0.1, 0.15) is 5.52 Å². The third-order valence-corrected chi connectivity index (χ3v) is 7.87. The van der Waals surface area contributed by atoms with Gasteiger partial charge in [-0.1, -0.05) is 30.3 Å². The van der Waals surface area contributed by atoms with Crippen LogP contribution in [-0.2, 0) is 12.8 Å². The van der Waals surface area contributed by atoms with Crippen molar-refractivity contribution in [1.82, 2.24) is 19.4 Å². The second-order valence-electron chi connectivity index (χ2n) is 9.72. The van der Waals surface area contributed by atoms with Crippen molar-refractivity contribution in [1.29, 1.82) is 0 Å². The van der Waals surface area contributed by atoms with Crippen molar-refractivity contribution >= 4 is 38.6 Å². The van der Waals surface area contributed by atoms with E-state index in [-0.39, 0.29) is 0 Å². The Morgan fingerprint density at radius 3 is 2.26 bits per heavy atom. The van der Waals surface area contributed by atoms with Crippen molar-refractivity contribution in [2.75, 3.05) is 0 Å². The van der Waals surface area contributed by atoms with Gasteiger partial charge in [0.15, 0.2) is 5.65 Å². The molecule has 0 fully saturated rings. The van der Waals surface area contributed by atoms with Crippen LogP contribution in [0.15, 0.2) is 85.2 Å². The largest absolute Gasteiger partial charge is 0.289 e. The molecule has 9 rings (SSSR count). The molecular weight excluding hydrogens is 428 g/mol. The highest BCUT2D eigenvalue weighted by Gasteiger charge is 2.26. The molecule has 4 heteroatoms. The third-order valence-electron chi connectivity index (χ3n) is 7.87. The Morgan fingerprint density at radius 2 is 1.31 bits per heavy atom. The van der Waals surface area contributed by atoms with Crippen molar-refractivity contribution in [3.63, 3.8) is 0 Å². The molecular formula is C31H18N4. The maximum Gasteiger partial charge on any atom is 0.165 e. The van der Waals surface area contributed by atoms with E-state index in [2.05, 4.69) is 65.1 Å². The van der Waals surface area contributed by atoms with Crippen LogP contribution < -0.4 is 0 Å². The quantitative estimate of drug-likeness (QED) is 0.243. The predicted octanol–water partition coefficient (Wildman–Crippen LogP) is 6.73. The van der Waals surface area contributed by atoms with Crippen molar-refractivity contribution in [3.8, 4) is 22.3 Å². The lowest BCUT2D eigenvalue weighted by Gasteiger charge is -2.08. The summed E-state index contributed by atoms with van der Waals surface area (Å²) in [5.41, 5.74) is 17.0. The number of nitrogens with zero attached hydrogens (tertiary/aromatic N) is 4. The molecule has 0 bridgehead atoms. The molecule has 3 aromatic carbocycles. The molecule has 2 aliphatic carbocycles. The summed E-state index contributed by atoms with van der Waals surface area (Å²) in [6, 6.07) is 26.5. The summed E-state index contributed by atoms with van der Waals surface area (Å²) in [4.78, 5) is 14.5. The van der Waals surface area contributed by atoms with Gasteiger partial charge in [-0.05, 0) is 99.8 Å². The molecule has 4 nitrogen and oxygen atoms in total. The van der Waals surface area contributed by atoms with Crippen LogP contribution in [0.4, 0.5) is 0 Å². The van der Waals surface area contributed by atoms with Crippen LogP contribution in [0.3, 0.4) is 0 Å². The summed E-state index contributed by atoms with van der Waals surface area (Å²) >= 11 is 0. The first kappa shape index (κ1) is 17.8. The Bertz CT molecular complexity index is 2070. The van der Waals surface area contributed by atoms with Gasteiger partial charge in [0.25, 0.3) is 0 Å². The summed E-state index contributed by atoms with van der Waals surface area (Å²) in [5, 5.41) is 1.04. The van der Waals surface area contributed by atoms with E-state index in [0.29, 0.717) is 0 Å². The molecule has 0 radical (unpaired) electrons. The minimum absolute atomic E-state index is 0.892. The number of imidazole rings is 1. The fourth-order valence-electron chi connectivity index (χ4n) is 6.36. The molecule has 4 aromatic heterocycles. The van der Waals surface area contributed by atoms with Crippen molar-refractivity contribution < 1.29 is 0 Å². The number of rotatable bonds is 0. The lowest BCUT2D eigenvalue weighted by atomic mass is 9.98. The van der Waals surface area contributed by atoms with Gasteiger partial charge in [0.2, 0.25) is 0 Å². The molecule has 2 aliphatic rings. The van der Waals surface area contributed by atoms with Crippen molar-refractivity contribution in [3.05, 3.63) is 107 Å². The first-order valence-electron chi connectivity index (χ1n) is 12.0. The van der Waals surface area contributed by atoms with E-state index >= 15 is 0 Å². The summed E-state index contributed by atoms with van der Waals surface area (Å²) < 4.78 is 2.24. The topological polar surface area (TPSA) is 43.1 Å². The van der Waals surface area contributed by atoms with Crippen LogP contribution in [-0.4, -0.2) is 19.4 Å². The van der Waals surface area contributed by atoms with Gasteiger partial charge in [-0.2, -0.15) is 0 Å². The molecule has 7 aromatic rings. The van der Waals surface area contributed by atoms with Crippen LogP contribution in [0.1, 0.15) is 22.3 Å². The van der Waals surface area contributed by atoms with Crippen LogP contribution >= 0.6 is 0 Å². The molecule has 4 heterocycles. The molecule has 0 saturated carbocycles. The van der Waals surface area contributed by atoms with Crippen LogP contribution in [0.5, 0.6) is 0 Å². The molecule has 0 unspecified atom stereocenters. The second-order valence-corrected chi connectivity index (χ2v) is 9.72. The lowest BCUT2D eigenvalue weighted by molar-refractivity contribution is 1.21. The fraction of sp³-hybridized carbons (Fsp3) is 0.0645. The van der Waals surface area contributed by atoms with Gasteiger partial charge >= 0.3 is 0 Å². The highest BCUT2D eigenvalue weighted by Crippen LogP contribution is 2.46. The van der Waals surface area contributed by atoms with Crippen LogP contribution in [0.2, 0.25) is 0 Å². The Kier molecular flexibility index (Phi) is 3.11. The summed E-state index contributed by atoms with van der Waals surface area (Å²) in [6.45, 7) is 0. The van der Waals surface area contributed by atoms with Gasteiger partial charge in [-0.15, -0.1) is 0 Å². The van der Waals surface area contributed by atoms with E-state index in [9.17, 15) is 0 Å².